The predicted molar refractivity (Wildman–Crippen MR) is 88.0 cm³/mol. The number of amides is 2. The molecule has 0 unspecified atom stereocenters. The standard InChI is InChI=1S/C14H8BrCl2N3O/c15-9-2-1-8(7-18)12(5-9)19-14(21)20-13-6-10(16)3-4-11(13)17/h1-6H,(H2,19,20,21). The Morgan fingerprint density at radius 1 is 1.10 bits per heavy atom. The van der Waals surface area contributed by atoms with Crippen LogP contribution < -0.4 is 10.6 Å². The number of nitrogens with one attached hydrogen (secondary N) is 2. The fourth-order valence-corrected chi connectivity index (χ4v) is 2.28. The van der Waals surface area contributed by atoms with Gasteiger partial charge in [-0.05, 0) is 36.4 Å². The number of halogens is 3. The van der Waals surface area contributed by atoms with Gasteiger partial charge in [0.15, 0.2) is 0 Å². The summed E-state index contributed by atoms with van der Waals surface area (Å²) in [6.07, 6.45) is 0. The summed E-state index contributed by atoms with van der Waals surface area (Å²) >= 11 is 15.1. The van der Waals surface area contributed by atoms with E-state index in [2.05, 4.69) is 26.6 Å². The average molecular weight is 385 g/mol. The minimum atomic E-state index is -0.520. The van der Waals surface area contributed by atoms with Crippen molar-refractivity contribution in [3.8, 4) is 6.07 Å². The van der Waals surface area contributed by atoms with Gasteiger partial charge in [0.25, 0.3) is 0 Å². The number of benzene rings is 2. The van der Waals surface area contributed by atoms with Crippen LogP contribution in [0, 0.1) is 11.3 Å². The molecule has 0 aliphatic rings. The molecule has 0 saturated heterocycles. The fourth-order valence-electron chi connectivity index (χ4n) is 1.59. The van der Waals surface area contributed by atoms with E-state index >= 15 is 0 Å². The first-order valence-electron chi connectivity index (χ1n) is 5.72. The molecular weight excluding hydrogens is 377 g/mol. The molecule has 0 radical (unpaired) electrons. The van der Waals surface area contributed by atoms with Crippen LogP contribution in [0.2, 0.25) is 10.0 Å². The third kappa shape index (κ3) is 4.11. The first-order valence-corrected chi connectivity index (χ1v) is 7.27. The number of hydrogen-bond acceptors (Lipinski definition) is 2. The van der Waals surface area contributed by atoms with E-state index in [1.807, 2.05) is 6.07 Å². The largest absolute Gasteiger partial charge is 0.323 e. The molecule has 0 aliphatic carbocycles. The second-order valence-electron chi connectivity index (χ2n) is 4.01. The summed E-state index contributed by atoms with van der Waals surface area (Å²) in [4.78, 5) is 12.0. The zero-order valence-electron chi connectivity index (χ0n) is 10.5. The van der Waals surface area contributed by atoms with Crippen molar-refractivity contribution < 1.29 is 4.79 Å². The lowest BCUT2D eigenvalue weighted by Crippen LogP contribution is -2.20. The van der Waals surface area contributed by atoms with Crippen molar-refractivity contribution in [1.29, 1.82) is 5.26 Å². The van der Waals surface area contributed by atoms with E-state index in [0.717, 1.165) is 4.47 Å². The van der Waals surface area contributed by atoms with Gasteiger partial charge < -0.3 is 10.6 Å². The van der Waals surface area contributed by atoms with Gasteiger partial charge in [0.2, 0.25) is 0 Å². The molecule has 0 aromatic heterocycles. The van der Waals surface area contributed by atoms with Gasteiger partial charge >= 0.3 is 6.03 Å². The van der Waals surface area contributed by atoms with Crippen molar-refractivity contribution in [3.63, 3.8) is 0 Å². The van der Waals surface area contributed by atoms with Gasteiger partial charge in [0, 0.05) is 9.50 Å². The Morgan fingerprint density at radius 2 is 1.81 bits per heavy atom. The maximum Gasteiger partial charge on any atom is 0.323 e. The number of anilines is 2. The summed E-state index contributed by atoms with van der Waals surface area (Å²) in [7, 11) is 0. The van der Waals surface area contributed by atoms with E-state index in [-0.39, 0.29) is 0 Å². The van der Waals surface area contributed by atoms with Gasteiger partial charge in [-0.25, -0.2) is 4.79 Å². The van der Waals surface area contributed by atoms with Crippen molar-refractivity contribution in [2.24, 2.45) is 0 Å². The van der Waals surface area contributed by atoms with Crippen molar-refractivity contribution in [1.82, 2.24) is 0 Å². The van der Waals surface area contributed by atoms with Crippen LogP contribution in [0.5, 0.6) is 0 Å². The molecule has 21 heavy (non-hydrogen) atoms. The number of hydrogen-bond donors (Lipinski definition) is 2. The molecule has 0 bridgehead atoms. The van der Waals surface area contributed by atoms with Crippen LogP contribution >= 0.6 is 39.1 Å². The summed E-state index contributed by atoms with van der Waals surface area (Å²) in [6.45, 7) is 0. The topological polar surface area (TPSA) is 64.9 Å². The minimum absolute atomic E-state index is 0.352. The Labute approximate surface area is 139 Å². The molecular formula is C14H8BrCl2N3O. The molecule has 2 amide bonds. The molecule has 0 heterocycles. The van der Waals surface area contributed by atoms with Gasteiger partial charge in [0.1, 0.15) is 6.07 Å². The molecule has 2 aromatic rings. The first-order chi connectivity index (χ1) is 9.99. The number of carbonyl (C=O) groups excluding carboxylic acids is 1. The molecule has 2 N–H and O–H groups in total. The quantitative estimate of drug-likeness (QED) is 0.740. The van der Waals surface area contributed by atoms with Crippen LogP contribution in [0.1, 0.15) is 5.56 Å². The van der Waals surface area contributed by atoms with Crippen molar-refractivity contribution >= 4 is 56.5 Å². The zero-order chi connectivity index (χ0) is 15.4. The molecule has 0 spiro atoms. The number of carbonyl (C=O) groups is 1. The second-order valence-corrected chi connectivity index (χ2v) is 5.76. The molecule has 0 aliphatic heterocycles. The monoisotopic (exact) mass is 383 g/mol. The molecule has 2 aromatic carbocycles. The Bertz CT molecular complexity index is 743. The number of rotatable bonds is 2. The summed E-state index contributed by atoms with van der Waals surface area (Å²) in [5.41, 5.74) is 1.13. The smallest absolute Gasteiger partial charge is 0.306 e. The Balaban J connectivity index is 2.17. The van der Waals surface area contributed by atoms with E-state index < -0.39 is 6.03 Å². The molecule has 7 heteroatoms. The summed E-state index contributed by atoms with van der Waals surface area (Å²) in [5, 5.41) is 15.0. The normalized spacial score (nSPS) is 9.81. The lowest BCUT2D eigenvalue weighted by Gasteiger charge is -2.10. The zero-order valence-corrected chi connectivity index (χ0v) is 13.6. The van der Waals surface area contributed by atoms with E-state index in [1.165, 1.54) is 6.07 Å². The Hall–Kier alpha value is -1.74. The summed E-state index contributed by atoms with van der Waals surface area (Å²) < 4.78 is 0.748. The summed E-state index contributed by atoms with van der Waals surface area (Å²) in [5.74, 6) is 0. The third-order valence-electron chi connectivity index (χ3n) is 2.53. The number of urea groups is 1. The van der Waals surface area contributed by atoms with E-state index in [1.54, 1.807) is 30.3 Å². The fraction of sp³-hybridized carbons (Fsp3) is 0. The van der Waals surface area contributed by atoms with Gasteiger partial charge in [-0.3, -0.25) is 0 Å². The first kappa shape index (κ1) is 15.6. The van der Waals surface area contributed by atoms with Crippen LogP contribution in [0.25, 0.3) is 0 Å². The maximum absolute atomic E-state index is 12.0. The molecule has 0 atom stereocenters. The second kappa shape index (κ2) is 6.81. The molecule has 106 valence electrons. The average Bonchev–Trinajstić information content (AvgIpc) is 2.43. The molecule has 2 rings (SSSR count). The number of nitrogens with zero attached hydrogens (tertiary/aromatic N) is 1. The third-order valence-corrected chi connectivity index (χ3v) is 3.58. The molecule has 0 fully saturated rings. The van der Waals surface area contributed by atoms with Crippen LogP contribution in [-0.4, -0.2) is 6.03 Å². The van der Waals surface area contributed by atoms with Crippen molar-refractivity contribution in [2.45, 2.75) is 0 Å². The highest BCUT2D eigenvalue weighted by molar-refractivity contribution is 9.10. The van der Waals surface area contributed by atoms with Gasteiger partial charge in [0.05, 0.1) is 22.0 Å². The molecule has 0 saturated carbocycles. The highest BCUT2D eigenvalue weighted by Gasteiger charge is 2.09. The van der Waals surface area contributed by atoms with Gasteiger partial charge in [-0.15, -0.1) is 0 Å². The van der Waals surface area contributed by atoms with Crippen LogP contribution in [0.3, 0.4) is 0 Å². The van der Waals surface area contributed by atoms with Crippen molar-refractivity contribution in [3.05, 3.63) is 56.5 Å². The van der Waals surface area contributed by atoms with Crippen LogP contribution in [-0.2, 0) is 0 Å². The number of nitriles is 1. The minimum Gasteiger partial charge on any atom is -0.306 e. The van der Waals surface area contributed by atoms with Gasteiger partial charge in [-0.1, -0.05) is 39.1 Å². The van der Waals surface area contributed by atoms with Crippen LogP contribution in [0.15, 0.2) is 40.9 Å². The highest BCUT2D eigenvalue weighted by Crippen LogP contribution is 2.26. The predicted octanol–water partition coefficient (Wildman–Crippen LogP) is 5.27. The maximum atomic E-state index is 12.0. The van der Waals surface area contributed by atoms with E-state index in [4.69, 9.17) is 28.5 Å². The lowest BCUT2D eigenvalue weighted by molar-refractivity contribution is 0.262. The highest BCUT2D eigenvalue weighted by atomic mass is 79.9. The van der Waals surface area contributed by atoms with Crippen molar-refractivity contribution in [2.75, 3.05) is 10.6 Å². The van der Waals surface area contributed by atoms with E-state index in [9.17, 15) is 4.79 Å². The SMILES string of the molecule is N#Cc1ccc(Br)cc1NC(=O)Nc1cc(Cl)ccc1Cl. The summed E-state index contributed by atoms with van der Waals surface area (Å²) in [6, 6.07) is 11.2. The Morgan fingerprint density at radius 3 is 2.52 bits per heavy atom. The van der Waals surface area contributed by atoms with Gasteiger partial charge in [-0.2, -0.15) is 5.26 Å². The van der Waals surface area contributed by atoms with Crippen LogP contribution in [0.4, 0.5) is 16.2 Å². The van der Waals surface area contributed by atoms with E-state index in [0.29, 0.717) is 27.0 Å². The Kier molecular flexibility index (Phi) is 5.07. The lowest BCUT2D eigenvalue weighted by atomic mass is 10.2. The molecule has 4 nitrogen and oxygen atoms in total.